The number of rotatable bonds is 5. The third-order valence-corrected chi connectivity index (χ3v) is 4.15. The quantitative estimate of drug-likeness (QED) is 0.495. The fourth-order valence-electron chi connectivity index (χ4n) is 2.72. The molecule has 1 N–H and O–H groups in total. The van der Waals surface area contributed by atoms with Crippen molar-refractivity contribution in [1.29, 1.82) is 0 Å². The average Bonchev–Trinajstić information content (AvgIpc) is 2.63. The van der Waals surface area contributed by atoms with Crippen LogP contribution in [-0.2, 0) is 11.3 Å². The number of hydrogen-bond donors (Lipinski definition) is 1. The van der Waals surface area contributed by atoms with Crippen molar-refractivity contribution in [3.05, 3.63) is 63.7 Å². The Balaban J connectivity index is 1.67. The summed E-state index contributed by atoms with van der Waals surface area (Å²) in [6.07, 6.45) is 1.37. The molecule has 0 bridgehead atoms. The second-order valence-corrected chi connectivity index (χ2v) is 5.94. The van der Waals surface area contributed by atoms with Crippen LogP contribution in [-0.4, -0.2) is 37.4 Å². The van der Waals surface area contributed by atoms with Gasteiger partial charge in [0, 0.05) is 23.9 Å². The third-order valence-electron chi connectivity index (χ3n) is 4.15. The van der Waals surface area contributed by atoms with Crippen molar-refractivity contribution in [3.8, 4) is 5.75 Å². The van der Waals surface area contributed by atoms with Gasteiger partial charge in [-0.3, -0.25) is 15.1 Å². The molecule has 1 aliphatic rings. The van der Waals surface area contributed by atoms with E-state index in [4.69, 9.17) is 4.74 Å². The van der Waals surface area contributed by atoms with E-state index < -0.39 is 4.92 Å². The highest BCUT2D eigenvalue weighted by Gasteiger charge is 2.13. The maximum absolute atomic E-state index is 11.8. The minimum atomic E-state index is -0.528. The van der Waals surface area contributed by atoms with Crippen LogP contribution in [0.2, 0.25) is 0 Å². The number of quaternary nitrogens is 1. The van der Waals surface area contributed by atoms with Crippen LogP contribution in [0.15, 0.2) is 47.5 Å². The predicted octanol–water partition coefficient (Wildman–Crippen LogP) is 0.834. The molecule has 1 aliphatic heterocycles. The molecule has 2 aromatic carbocycles. The predicted molar refractivity (Wildman–Crippen MR) is 91.5 cm³/mol. The Labute approximate surface area is 145 Å². The van der Waals surface area contributed by atoms with E-state index in [1.807, 2.05) is 24.3 Å². The summed E-state index contributed by atoms with van der Waals surface area (Å²) in [5, 5.41) is 22.6. The van der Waals surface area contributed by atoms with E-state index in [9.17, 15) is 15.2 Å². The summed E-state index contributed by atoms with van der Waals surface area (Å²) in [6, 6.07) is 11.4. The summed E-state index contributed by atoms with van der Waals surface area (Å²) >= 11 is 0. The van der Waals surface area contributed by atoms with E-state index >= 15 is 0 Å². The highest BCUT2D eigenvalue weighted by molar-refractivity contribution is 5.86. The molecule has 0 atom stereocenters. The third kappa shape index (κ3) is 4.62. The summed E-state index contributed by atoms with van der Waals surface area (Å²) < 4.78 is 5.36. The van der Waals surface area contributed by atoms with Gasteiger partial charge in [0.1, 0.15) is 19.6 Å². The second kappa shape index (κ2) is 7.87. The van der Waals surface area contributed by atoms with Gasteiger partial charge < -0.3 is 14.7 Å². The number of nitrogens with zero attached hydrogens (tertiary/aromatic N) is 2. The molecule has 0 radical (unpaired) electrons. The van der Waals surface area contributed by atoms with Gasteiger partial charge in [0.05, 0.1) is 23.8 Å². The van der Waals surface area contributed by atoms with Crippen LogP contribution < -0.4 is 10.0 Å². The minimum absolute atomic E-state index is 0.120. The molecule has 7 heteroatoms. The average molecular weight is 341 g/mol. The van der Waals surface area contributed by atoms with E-state index in [0.717, 1.165) is 32.8 Å². The fourth-order valence-corrected chi connectivity index (χ4v) is 2.72. The lowest BCUT2D eigenvalue weighted by molar-refractivity contribution is -0.921. The number of aliphatic imine (C=N–C) groups is 1. The Hall–Kier alpha value is -2.77. The molecular weight excluding hydrogens is 322 g/mol. The number of non-ortho nitro benzene ring substituents is 1. The molecular formula is C18H19N3O4. The van der Waals surface area contributed by atoms with E-state index in [0.29, 0.717) is 5.69 Å². The summed E-state index contributed by atoms with van der Waals surface area (Å²) in [5.41, 5.74) is 2.00. The summed E-state index contributed by atoms with van der Waals surface area (Å²) in [4.78, 5) is 16.0. The zero-order chi connectivity index (χ0) is 17.6. The standard InChI is InChI=1S/C18H19N3O4/c22-18-6-5-17(21(23)24)11-15(18)12-19-16-3-1-14(2-4-16)13-20-7-9-25-10-8-20/h1-6,11-12,22H,7-10,13H2. The zero-order valence-corrected chi connectivity index (χ0v) is 13.7. The van der Waals surface area contributed by atoms with Crippen molar-refractivity contribution >= 4 is 17.6 Å². The smallest absolute Gasteiger partial charge is 0.270 e. The molecule has 0 saturated carbocycles. The molecule has 25 heavy (non-hydrogen) atoms. The van der Waals surface area contributed by atoms with Crippen molar-refractivity contribution in [2.75, 3.05) is 26.3 Å². The van der Waals surface area contributed by atoms with Gasteiger partial charge in [0.15, 0.2) is 0 Å². The lowest BCUT2D eigenvalue weighted by atomic mass is 10.1. The maximum atomic E-state index is 11.8. The molecule has 1 saturated heterocycles. The first-order chi connectivity index (χ1) is 12.1. The van der Waals surface area contributed by atoms with Crippen molar-refractivity contribution in [2.45, 2.75) is 6.54 Å². The minimum Gasteiger partial charge on any atom is -0.872 e. The summed E-state index contributed by atoms with van der Waals surface area (Å²) in [6.45, 7) is 4.58. The number of nitro groups is 1. The van der Waals surface area contributed by atoms with Crippen LogP contribution in [0, 0.1) is 10.1 Å². The number of ether oxygens (including phenoxy) is 1. The molecule has 2 aromatic rings. The lowest BCUT2D eigenvalue weighted by Crippen LogP contribution is -3.12. The highest BCUT2D eigenvalue weighted by Crippen LogP contribution is 2.20. The van der Waals surface area contributed by atoms with Gasteiger partial charge in [-0.25, -0.2) is 0 Å². The Morgan fingerprint density at radius 3 is 2.56 bits per heavy atom. The van der Waals surface area contributed by atoms with Crippen LogP contribution >= 0.6 is 0 Å². The van der Waals surface area contributed by atoms with Crippen LogP contribution in [0.25, 0.3) is 0 Å². The Bertz CT molecular complexity index is 768. The van der Waals surface area contributed by atoms with Crippen LogP contribution in [0.1, 0.15) is 11.1 Å². The Morgan fingerprint density at radius 1 is 1.16 bits per heavy atom. The molecule has 0 unspecified atom stereocenters. The zero-order valence-electron chi connectivity index (χ0n) is 13.7. The van der Waals surface area contributed by atoms with Gasteiger partial charge >= 0.3 is 0 Å². The number of benzene rings is 2. The van der Waals surface area contributed by atoms with Gasteiger partial charge in [-0.15, -0.1) is 0 Å². The van der Waals surface area contributed by atoms with Gasteiger partial charge in [-0.05, 0) is 17.7 Å². The van der Waals surface area contributed by atoms with E-state index in [2.05, 4.69) is 4.99 Å². The molecule has 7 nitrogen and oxygen atoms in total. The van der Waals surface area contributed by atoms with Crippen molar-refractivity contribution < 1.29 is 19.7 Å². The molecule has 130 valence electrons. The molecule has 0 aliphatic carbocycles. The van der Waals surface area contributed by atoms with Gasteiger partial charge in [-0.2, -0.15) is 0 Å². The number of morpholine rings is 1. The molecule has 0 spiro atoms. The number of nitrogens with one attached hydrogen (secondary N) is 1. The largest absolute Gasteiger partial charge is 0.872 e. The Morgan fingerprint density at radius 2 is 1.88 bits per heavy atom. The second-order valence-electron chi connectivity index (χ2n) is 5.94. The number of nitro benzene ring substituents is 1. The van der Waals surface area contributed by atoms with E-state index in [1.54, 1.807) is 0 Å². The Kier molecular flexibility index (Phi) is 5.37. The molecule has 3 rings (SSSR count). The van der Waals surface area contributed by atoms with E-state index in [1.165, 1.54) is 34.9 Å². The van der Waals surface area contributed by atoms with Crippen LogP contribution in [0.4, 0.5) is 11.4 Å². The monoisotopic (exact) mass is 341 g/mol. The number of hydrogen-bond acceptors (Lipinski definition) is 5. The van der Waals surface area contributed by atoms with Crippen molar-refractivity contribution in [2.24, 2.45) is 4.99 Å². The first-order valence-electron chi connectivity index (χ1n) is 8.11. The lowest BCUT2D eigenvalue weighted by Gasteiger charge is -2.23. The van der Waals surface area contributed by atoms with Crippen molar-refractivity contribution in [1.82, 2.24) is 0 Å². The maximum Gasteiger partial charge on any atom is 0.270 e. The van der Waals surface area contributed by atoms with Gasteiger partial charge in [0.2, 0.25) is 0 Å². The van der Waals surface area contributed by atoms with Crippen LogP contribution in [0.3, 0.4) is 0 Å². The first kappa shape index (κ1) is 17.1. The SMILES string of the molecule is O=[N+]([O-])c1ccc([O-])c(C=Nc2ccc(C[NH+]3CCOCC3)cc2)c1. The first-order valence-corrected chi connectivity index (χ1v) is 8.11. The normalized spacial score (nSPS) is 15.5. The van der Waals surface area contributed by atoms with Crippen molar-refractivity contribution in [3.63, 3.8) is 0 Å². The van der Waals surface area contributed by atoms with Gasteiger partial charge in [0.25, 0.3) is 5.69 Å². The van der Waals surface area contributed by atoms with Crippen LogP contribution in [0.5, 0.6) is 5.75 Å². The molecule has 0 aromatic heterocycles. The fraction of sp³-hybridized carbons (Fsp3) is 0.278. The molecule has 1 fully saturated rings. The summed E-state index contributed by atoms with van der Waals surface area (Å²) in [7, 11) is 0. The topological polar surface area (TPSA) is 92.2 Å². The highest BCUT2D eigenvalue weighted by atomic mass is 16.6. The molecule has 0 amide bonds. The summed E-state index contributed by atoms with van der Waals surface area (Å²) in [5.74, 6) is -0.290. The van der Waals surface area contributed by atoms with Gasteiger partial charge in [-0.1, -0.05) is 23.9 Å². The molecule has 1 heterocycles. The van der Waals surface area contributed by atoms with E-state index in [-0.39, 0.29) is 17.0 Å².